The summed E-state index contributed by atoms with van der Waals surface area (Å²) in [5.74, 6) is 0.635. The average molecular weight is 335 g/mol. The van der Waals surface area contributed by atoms with Crippen LogP contribution in [0.1, 0.15) is 16.7 Å². The van der Waals surface area contributed by atoms with Gasteiger partial charge in [-0.3, -0.25) is 0 Å². The topological polar surface area (TPSA) is 33.3 Å². The first-order valence-corrected chi connectivity index (χ1v) is 7.68. The van der Waals surface area contributed by atoms with Gasteiger partial charge in [-0.2, -0.15) is 0 Å². The fourth-order valence-corrected chi connectivity index (χ4v) is 2.87. The van der Waals surface area contributed by atoms with Gasteiger partial charge >= 0.3 is 0 Å². The number of anilines is 2. The van der Waals surface area contributed by atoms with Gasteiger partial charge in [0, 0.05) is 11.4 Å². The van der Waals surface area contributed by atoms with Crippen LogP contribution in [0.3, 0.4) is 0 Å². The van der Waals surface area contributed by atoms with Gasteiger partial charge in [0.15, 0.2) is 5.11 Å². The molecule has 0 aliphatic heterocycles. The van der Waals surface area contributed by atoms with Crippen molar-refractivity contribution in [2.24, 2.45) is 0 Å². The summed E-state index contributed by atoms with van der Waals surface area (Å²) >= 11 is 11.5. The van der Waals surface area contributed by atoms with E-state index in [4.69, 9.17) is 28.6 Å². The first-order valence-electron chi connectivity index (χ1n) is 6.90. The van der Waals surface area contributed by atoms with E-state index in [0.29, 0.717) is 15.9 Å². The van der Waals surface area contributed by atoms with Gasteiger partial charge < -0.3 is 15.4 Å². The van der Waals surface area contributed by atoms with Crippen LogP contribution in [-0.2, 0) is 0 Å². The molecule has 0 radical (unpaired) electrons. The molecule has 0 amide bonds. The Hall–Kier alpha value is -1.78. The fourth-order valence-electron chi connectivity index (χ4n) is 2.40. The normalized spacial score (nSPS) is 10.2. The van der Waals surface area contributed by atoms with E-state index >= 15 is 0 Å². The highest BCUT2D eigenvalue weighted by Crippen LogP contribution is 2.27. The minimum absolute atomic E-state index is 0.524. The summed E-state index contributed by atoms with van der Waals surface area (Å²) in [7, 11) is 1.59. The summed E-state index contributed by atoms with van der Waals surface area (Å²) in [5, 5.41) is 7.44. The molecule has 0 bridgehead atoms. The van der Waals surface area contributed by atoms with Crippen LogP contribution < -0.4 is 15.4 Å². The monoisotopic (exact) mass is 334 g/mol. The third-order valence-corrected chi connectivity index (χ3v) is 3.82. The summed E-state index contributed by atoms with van der Waals surface area (Å²) < 4.78 is 5.14. The van der Waals surface area contributed by atoms with Crippen molar-refractivity contribution in [2.45, 2.75) is 20.8 Å². The van der Waals surface area contributed by atoms with E-state index in [1.165, 1.54) is 5.56 Å². The molecule has 2 aromatic rings. The van der Waals surface area contributed by atoms with E-state index in [1.54, 1.807) is 19.2 Å². The zero-order valence-corrected chi connectivity index (χ0v) is 14.7. The van der Waals surface area contributed by atoms with Crippen LogP contribution in [-0.4, -0.2) is 12.2 Å². The Bertz CT molecular complexity index is 693. The number of nitrogens with one attached hydrogen (secondary N) is 2. The van der Waals surface area contributed by atoms with Crippen molar-refractivity contribution in [2.75, 3.05) is 17.7 Å². The molecule has 2 aromatic carbocycles. The van der Waals surface area contributed by atoms with E-state index in [1.807, 2.05) is 6.07 Å². The first kappa shape index (κ1) is 16.6. The predicted octanol–water partition coefficient (Wildman–Crippen LogP) is 5.08. The molecule has 5 heteroatoms. The molecule has 0 atom stereocenters. The van der Waals surface area contributed by atoms with Crippen LogP contribution in [0.5, 0.6) is 5.75 Å². The van der Waals surface area contributed by atoms with Gasteiger partial charge in [0.2, 0.25) is 0 Å². The Balaban J connectivity index is 2.12. The molecule has 0 saturated carbocycles. The van der Waals surface area contributed by atoms with Gasteiger partial charge in [-0.1, -0.05) is 29.3 Å². The van der Waals surface area contributed by atoms with Crippen LogP contribution in [0.15, 0.2) is 30.3 Å². The van der Waals surface area contributed by atoms with Gasteiger partial charge in [-0.15, -0.1) is 0 Å². The number of halogens is 1. The van der Waals surface area contributed by atoms with Crippen molar-refractivity contribution >= 4 is 40.3 Å². The van der Waals surface area contributed by atoms with Gasteiger partial charge in [0.05, 0.1) is 12.1 Å². The van der Waals surface area contributed by atoms with Crippen LogP contribution >= 0.6 is 23.8 Å². The van der Waals surface area contributed by atoms with Crippen LogP contribution in [0.25, 0.3) is 0 Å². The molecule has 0 aliphatic rings. The van der Waals surface area contributed by atoms with E-state index in [-0.39, 0.29) is 0 Å². The third kappa shape index (κ3) is 3.90. The summed E-state index contributed by atoms with van der Waals surface area (Å²) in [4.78, 5) is 0. The Labute approximate surface area is 141 Å². The lowest BCUT2D eigenvalue weighted by molar-refractivity contribution is 0.415. The lowest BCUT2D eigenvalue weighted by atomic mass is 10.1. The minimum atomic E-state index is 0.524. The molecule has 0 fully saturated rings. The van der Waals surface area contributed by atoms with Crippen molar-refractivity contribution in [1.29, 1.82) is 0 Å². The number of aryl methyl sites for hydroxylation is 3. The molecule has 2 N–H and O–H groups in total. The molecule has 0 spiro atoms. The maximum atomic E-state index is 6.11. The van der Waals surface area contributed by atoms with Crippen LogP contribution in [0.2, 0.25) is 5.02 Å². The Morgan fingerprint density at radius 3 is 2.23 bits per heavy atom. The number of hydrogen-bond donors (Lipinski definition) is 2. The zero-order chi connectivity index (χ0) is 16.3. The number of methoxy groups -OCH3 is 1. The highest BCUT2D eigenvalue weighted by atomic mass is 35.5. The maximum Gasteiger partial charge on any atom is 0.175 e. The third-order valence-electron chi connectivity index (χ3n) is 3.33. The summed E-state index contributed by atoms with van der Waals surface area (Å²) in [5.41, 5.74) is 5.40. The molecule has 116 valence electrons. The van der Waals surface area contributed by atoms with E-state index < -0.39 is 0 Å². The first-order chi connectivity index (χ1) is 10.4. The van der Waals surface area contributed by atoms with Crippen LogP contribution in [0, 0.1) is 20.8 Å². The second-order valence-electron chi connectivity index (χ2n) is 5.20. The zero-order valence-electron chi connectivity index (χ0n) is 13.1. The van der Waals surface area contributed by atoms with Crippen LogP contribution in [0.4, 0.5) is 11.4 Å². The predicted molar refractivity (Wildman–Crippen MR) is 98.5 cm³/mol. The SMILES string of the molecule is COc1ccc(NC(=S)Nc2c(C)cc(C)cc2C)cc1Cl. The van der Waals surface area contributed by atoms with Gasteiger partial charge in [0.25, 0.3) is 0 Å². The van der Waals surface area contributed by atoms with Crippen molar-refractivity contribution in [3.8, 4) is 5.75 Å². The molecule has 0 heterocycles. The molecule has 0 aromatic heterocycles. The van der Waals surface area contributed by atoms with Gasteiger partial charge in [-0.05, 0) is 62.3 Å². The van der Waals surface area contributed by atoms with Crippen molar-refractivity contribution < 1.29 is 4.74 Å². The number of rotatable bonds is 3. The standard InChI is InChI=1S/C17H19ClN2OS/c1-10-7-11(2)16(12(3)8-10)20-17(22)19-13-5-6-15(21-4)14(18)9-13/h5-9H,1-4H3,(H2,19,20,22). The quantitative estimate of drug-likeness (QED) is 0.767. The molecular weight excluding hydrogens is 316 g/mol. The molecule has 0 unspecified atom stereocenters. The van der Waals surface area contributed by atoms with Gasteiger partial charge in [-0.25, -0.2) is 0 Å². The average Bonchev–Trinajstić information content (AvgIpc) is 2.43. The molecule has 2 rings (SSSR count). The molecular formula is C17H19ClN2OS. The van der Waals surface area contributed by atoms with E-state index in [9.17, 15) is 0 Å². The number of ether oxygens (including phenoxy) is 1. The fraction of sp³-hybridized carbons (Fsp3) is 0.235. The smallest absolute Gasteiger partial charge is 0.175 e. The molecule has 0 saturated heterocycles. The lowest BCUT2D eigenvalue weighted by Crippen LogP contribution is -2.20. The Kier molecular flexibility index (Phi) is 5.27. The lowest BCUT2D eigenvalue weighted by Gasteiger charge is -2.16. The number of benzene rings is 2. The summed E-state index contributed by atoms with van der Waals surface area (Å²) in [6.45, 7) is 6.21. The highest BCUT2D eigenvalue weighted by Gasteiger charge is 2.07. The molecule has 0 aliphatic carbocycles. The van der Waals surface area contributed by atoms with E-state index in [2.05, 4.69) is 43.5 Å². The highest BCUT2D eigenvalue weighted by molar-refractivity contribution is 7.80. The van der Waals surface area contributed by atoms with Gasteiger partial charge in [0.1, 0.15) is 5.75 Å². The second kappa shape index (κ2) is 6.99. The minimum Gasteiger partial charge on any atom is -0.495 e. The number of thiocarbonyl (C=S) groups is 1. The summed E-state index contributed by atoms with van der Waals surface area (Å²) in [6.07, 6.45) is 0. The number of hydrogen-bond acceptors (Lipinski definition) is 2. The largest absolute Gasteiger partial charge is 0.495 e. The molecule has 3 nitrogen and oxygen atoms in total. The van der Waals surface area contributed by atoms with Crippen molar-refractivity contribution in [3.63, 3.8) is 0 Å². The Morgan fingerprint density at radius 2 is 1.68 bits per heavy atom. The van der Waals surface area contributed by atoms with E-state index in [0.717, 1.165) is 22.5 Å². The summed E-state index contributed by atoms with van der Waals surface area (Å²) in [6, 6.07) is 9.71. The van der Waals surface area contributed by atoms with Crippen molar-refractivity contribution in [1.82, 2.24) is 0 Å². The Morgan fingerprint density at radius 1 is 1.05 bits per heavy atom. The maximum absolute atomic E-state index is 6.11. The molecule has 22 heavy (non-hydrogen) atoms. The second-order valence-corrected chi connectivity index (χ2v) is 6.02. The van der Waals surface area contributed by atoms with Crippen molar-refractivity contribution in [3.05, 3.63) is 52.0 Å².